The summed E-state index contributed by atoms with van der Waals surface area (Å²) < 4.78 is 41.7. The maximum Gasteiger partial charge on any atom is 0.433 e. The molecule has 2 aromatic heterocycles. The third kappa shape index (κ3) is 6.41. The summed E-state index contributed by atoms with van der Waals surface area (Å²) in [4.78, 5) is 47.8. The molecule has 0 radical (unpaired) electrons. The molecule has 5 heterocycles. The van der Waals surface area contributed by atoms with Crippen molar-refractivity contribution < 1.29 is 27.6 Å². The number of rotatable bonds is 2. The maximum absolute atomic E-state index is 13.7. The molecule has 1 N–H and O–H groups in total. The van der Waals surface area contributed by atoms with Crippen LogP contribution in [0.1, 0.15) is 87.6 Å². The Balaban J connectivity index is 1.36. The minimum Gasteiger partial charge on any atom is -0.353 e. The Hall–Kier alpha value is -3.18. The lowest BCUT2D eigenvalue weighted by Crippen LogP contribution is -2.60. The van der Waals surface area contributed by atoms with Crippen molar-refractivity contribution in [3.63, 3.8) is 0 Å². The molecule has 0 unspecified atom stereocenters. The van der Waals surface area contributed by atoms with Crippen LogP contribution in [0.15, 0.2) is 12.1 Å². The molecule has 0 aromatic carbocycles. The predicted molar refractivity (Wildman–Crippen MR) is 149 cm³/mol. The van der Waals surface area contributed by atoms with Crippen molar-refractivity contribution in [2.75, 3.05) is 19.6 Å². The number of aromatic nitrogens is 3. The largest absolute Gasteiger partial charge is 0.433 e. The van der Waals surface area contributed by atoms with Crippen LogP contribution < -0.4 is 5.32 Å². The molecular formula is C30H41F3N6O3. The standard InChI is InChI=1S/C30H41F3N6O3/c1-17(2)22-9-8-18(3)10-28(41)38-15-20-12-21(24(38)6-5-7-27(40)35-22)16-37(14-20)29(42)23-13-26-34-19(4)11-25(30(31,32)33)39(26)36-23/h11,13,17-18,20-22,24H,5-10,12,14-16H2,1-4H3,(H,35,40)/t18-,20+,21-,22+,24+/m1/s1. The molecule has 3 amide bonds. The second kappa shape index (κ2) is 11.8. The molecular weight excluding hydrogens is 549 g/mol. The fourth-order valence-electron chi connectivity index (χ4n) is 7.04. The molecule has 9 nitrogen and oxygen atoms in total. The fraction of sp³-hybridized carbons (Fsp3) is 0.700. The van der Waals surface area contributed by atoms with Crippen molar-refractivity contribution in [1.29, 1.82) is 0 Å². The molecule has 2 aromatic rings. The van der Waals surface area contributed by atoms with Crippen molar-refractivity contribution in [3.05, 3.63) is 29.2 Å². The fourth-order valence-corrected chi connectivity index (χ4v) is 7.04. The lowest BCUT2D eigenvalue weighted by atomic mass is 9.77. The van der Waals surface area contributed by atoms with Gasteiger partial charge in [0.1, 0.15) is 5.69 Å². The van der Waals surface area contributed by atoms with Crippen LogP contribution in [0.4, 0.5) is 13.2 Å². The monoisotopic (exact) mass is 590 g/mol. The molecule has 0 spiro atoms. The molecule has 3 saturated heterocycles. The van der Waals surface area contributed by atoms with Gasteiger partial charge in [0.15, 0.2) is 11.3 Å². The quantitative estimate of drug-likeness (QED) is 0.556. The number of likely N-dealkylation sites (tertiary alicyclic amines) is 1. The van der Waals surface area contributed by atoms with E-state index in [-0.39, 0.29) is 58.7 Å². The minimum absolute atomic E-state index is 0.0143. The van der Waals surface area contributed by atoms with E-state index in [0.717, 1.165) is 25.3 Å². The van der Waals surface area contributed by atoms with Gasteiger partial charge in [0.2, 0.25) is 11.8 Å². The summed E-state index contributed by atoms with van der Waals surface area (Å²) in [6.07, 6.45) is 0.0298. The van der Waals surface area contributed by atoms with Crippen molar-refractivity contribution in [1.82, 2.24) is 29.7 Å². The number of nitrogens with zero attached hydrogens (tertiary/aromatic N) is 5. The molecule has 0 aliphatic carbocycles. The number of carbonyl (C=O) groups excluding carboxylic acids is 3. The van der Waals surface area contributed by atoms with Gasteiger partial charge in [-0.3, -0.25) is 14.4 Å². The lowest BCUT2D eigenvalue weighted by molar-refractivity contribution is -0.143. The molecule has 2 bridgehead atoms. The van der Waals surface area contributed by atoms with Crippen molar-refractivity contribution in [2.45, 2.75) is 90.9 Å². The number of piperidine rings is 2. The second-order valence-corrected chi connectivity index (χ2v) is 13.0. The van der Waals surface area contributed by atoms with E-state index in [1.807, 2.05) is 4.90 Å². The Labute approximate surface area is 244 Å². The topological polar surface area (TPSA) is 99.9 Å². The number of carbonyl (C=O) groups is 3. The van der Waals surface area contributed by atoms with Gasteiger partial charge in [0.05, 0.1) is 0 Å². The van der Waals surface area contributed by atoms with Crippen LogP contribution in [0.2, 0.25) is 0 Å². The van der Waals surface area contributed by atoms with Gasteiger partial charge in [0.25, 0.3) is 5.91 Å². The van der Waals surface area contributed by atoms with E-state index in [2.05, 4.69) is 36.2 Å². The zero-order chi connectivity index (χ0) is 30.3. The number of hydrogen-bond acceptors (Lipinski definition) is 5. The highest BCUT2D eigenvalue weighted by atomic mass is 19.4. The predicted octanol–water partition coefficient (Wildman–Crippen LogP) is 4.48. The summed E-state index contributed by atoms with van der Waals surface area (Å²) in [5.74, 6) is 0.299. The van der Waals surface area contributed by atoms with E-state index in [4.69, 9.17) is 0 Å². The second-order valence-electron chi connectivity index (χ2n) is 13.0. The summed E-state index contributed by atoms with van der Waals surface area (Å²) in [5, 5.41) is 7.23. The van der Waals surface area contributed by atoms with Gasteiger partial charge in [-0.15, -0.1) is 0 Å². The summed E-state index contributed by atoms with van der Waals surface area (Å²) in [7, 11) is 0. The third-order valence-electron chi connectivity index (χ3n) is 9.19. The summed E-state index contributed by atoms with van der Waals surface area (Å²) in [6.45, 7) is 9.09. The number of nitrogens with one attached hydrogen (secondary N) is 1. The van der Waals surface area contributed by atoms with Gasteiger partial charge in [-0.2, -0.15) is 18.3 Å². The molecule has 0 saturated carbocycles. The maximum atomic E-state index is 13.7. The molecule has 5 rings (SSSR count). The van der Waals surface area contributed by atoms with Crippen LogP contribution in [-0.2, 0) is 15.8 Å². The molecule has 230 valence electrons. The van der Waals surface area contributed by atoms with Crippen molar-refractivity contribution in [2.24, 2.45) is 23.7 Å². The van der Waals surface area contributed by atoms with Gasteiger partial charge in [-0.1, -0.05) is 20.8 Å². The Bertz CT molecular complexity index is 1340. The van der Waals surface area contributed by atoms with Gasteiger partial charge in [-0.25, -0.2) is 9.50 Å². The minimum atomic E-state index is -4.65. The third-order valence-corrected chi connectivity index (χ3v) is 9.19. The SMILES string of the molecule is Cc1cc(C(F)(F)F)n2nc(C(=O)N3C[C@@H]4C[C@H](C3)[C@@H]3CCCC(=O)N[C@H](C(C)C)CC[C@@H](C)CC(=O)N3C4)cc2n1. The van der Waals surface area contributed by atoms with Gasteiger partial charge >= 0.3 is 6.18 Å². The normalized spacial score (nSPS) is 28.1. The highest BCUT2D eigenvalue weighted by Gasteiger charge is 2.44. The van der Waals surface area contributed by atoms with Crippen LogP contribution in [-0.4, -0.2) is 73.8 Å². The Kier molecular flexibility index (Phi) is 8.53. The average Bonchev–Trinajstić information content (AvgIpc) is 3.33. The number of amides is 3. The number of alkyl halides is 3. The van der Waals surface area contributed by atoms with E-state index in [0.29, 0.717) is 55.8 Å². The first-order valence-corrected chi connectivity index (χ1v) is 15.1. The molecule has 12 heteroatoms. The molecule has 3 aliphatic heterocycles. The van der Waals surface area contributed by atoms with Crippen LogP contribution >= 0.6 is 0 Å². The smallest absolute Gasteiger partial charge is 0.353 e. The van der Waals surface area contributed by atoms with Crippen LogP contribution in [0.3, 0.4) is 0 Å². The number of halogens is 3. The number of aryl methyl sites for hydroxylation is 1. The van der Waals surface area contributed by atoms with Gasteiger partial charge in [-0.05, 0) is 68.8 Å². The zero-order valence-corrected chi connectivity index (χ0v) is 24.8. The zero-order valence-electron chi connectivity index (χ0n) is 24.8. The van der Waals surface area contributed by atoms with Crippen molar-refractivity contribution >= 4 is 23.4 Å². The number of fused-ring (bicyclic) bond motifs is 5. The molecule has 3 fully saturated rings. The van der Waals surface area contributed by atoms with Crippen molar-refractivity contribution in [3.8, 4) is 0 Å². The number of hydrogen-bond donors (Lipinski definition) is 1. The van der Waals surface area contributed by atoms with E-state index in [9.17, 15) is 27.6 Å². The first kappa shape index (κ1) is 30.3. The highest BCUT2D eigenvalue weighted by molar-refractivity contribution is 5.93. The van der Waals surface area contributed by atoms with E-state index < -0.39 is 17.8 Å². The Morgan fingerprint density at radius 2 is 1.86 bits per heavy atom. The van der Waals surface area contributed by atoms with Crippen LogP contribution in [0, 0.1) is 30.6 Å². The summed E-state index contributed by atoms with van der Waals surface area (Å²) >= 11 is 0. The van der Waals surface area contributed by atoms with Crippen LogP contribution in [0.25, 0.3) is 5.65 Å². The first-order valence-electron chi connectivity index (χ1n) is 15.1. The van der Waals surface area contributed by atoms with Gasteiger partial charge < -0.3 is 15.1 Å². The van der Waals surface area contributed by atoms with Crippen LogP contribution in [0.5, 0.6) is 0 Å². The Morgan fingerprint density at radius 3 is 2.57 bits per heavy atom. The highest BCUT2D eigenvalue weighted by Crippen LogP contribution is 2.37. The molecule has 3 aliphatic rings. The van der Waals surface area contributed by atoms with Gasteiger partial charge in [0, 0.05) is 56.3 Å². The van der Waals surface area contributed by atoms with E-state index in [1.165, 1.54) is 13.0 Å². The molecule has 42 heavy (non-hydrogen) atoms. The average molecular weight is 591 g/mol. The molecule has 5 atom stereocenters. The first-order chi connectivity index (χ1) is 19.8. The van der Waals surface area contributed by atoms with E-state index >= 15 is 0 Å². The lowest BCUT2D eigenvalue weighted by Gasteiger charge is -2.51. The summed E-state index contributed by atoms with van der Waals surface area (Å²) in [6, 6.07) is 2.21. The Morgan fingerprint density at radius 1 is 1.10 bits per heavy atom. The van der Waals surface area contributed by atoms with E-state index in [1.54, 1.807) is 4.90 Å². The summed E-state index contributed by atoms with van der Waals surface area (Å²) in [5.41, 5.74) is -0.892.